The molecule has 6 aliphatic rings. The molecule has 0 amide bonds. The summed E-state index contributed by atoms with van der Waals surface area (Å²) >= 11 is 0. The van der Waals surface area contributed by atoms with E-state index in [4.69, 9.17) is 18.9 Å². The van der Waals surface area contributed by atoms with E-state index in [0.29, 0.717) is 24.4 Å². The summed E-state index contributed by atoms with van der Waals surface area (Å²) in [4.78, 5) is 11.8. The third-order valence-corrected chi connectivity index (χ3v) is 12.8. The Morgan fingerprint density at radius 1 is 1.03 bits per heavy atom. The van der Waals surface area contributed by atoms with Gasteiger partial charge in [-0.25, -0.2) is 4.79 Å². The fourth-order valence-electron chi connectivity index (χ4n) is 10.3. The van der Waals surface area contributed by atoms with E-state index in [2.05, 4.69) is 20.8 Å². The number of aliphatic hydroxyl groups excluding tert-OH is 1. The van der Waals surface area contributed by atoms with Gasteiger partial charge in [0.25, 0.3) is 0 Å². The summed E-state index contributed by atoms with van der Waals surface area (Å²) in [7, 11) is 1.65. The lowest BCUT2D eigenvalue weighted by Crippen LogP contribution is -2.62. The van der Waals surface area contributed by atoms with Crippen molar-refractivity contribution in [3.8, 4) is 0 Å². The summed E-state index contributed by atoms with van der Waals surface area (Å²) in [5, 5.41) is 23.3. The van der Waals surface area contributed by atoms with E-state index in [-0.39, 0.29) is 46.9 Å². The van der Waals surface area contributed by atoms with Gasteiger partial charge in [0.15, 0.2) is 6.29 Å². The Kier molecular flexibility index (Phi) is 6.83. The SMILES string of the molecule is CO[C@@H]1[C@@H](C)[C@H](C)O[C@@H](O[C@H]2CC[C@]3(C)C4CC[C@]5(C)[C@@H](C6=CC(=O)OC6)CC[C@]5(O)C4CC[C@@H]3C2)[C@H]1O. The maximum Gasteiger partial charge on any atom is 0.331 e. The second kappa shape index (κ2) is 9.54. The molecule has 4 saturated carbocycles. The fourth-order valence-corrected chi connectivity index (χ4v) is 10.3. The molecule has 7 heteroatoms. The molecule has 6 rings (SSSR count). The number of methoxy groups -OCH3 is 1. The number of cyclic esters (lactones) is 1. The molecule has 214 valence electrons. The number of carbonyl (C=O) groups is 1. The first-order valence-corrected chi connectivity index (χ1v) is 15.1. The van der Waals surface area contributed by atoms with Crippen LogP contribution in [0.2, 0.25) is 0 Å². The maximum atomic E-state index is 12.4. The van der Waals surface area contributed by atoms with Gasteiger partial charge in [-0.3, -0.25) is 0 Å². The molecule has 0 bridgehead atoms. The van der Waals surface area contributed by atoms with E-state index < -0.39 is 18.0 Å². The molecule has 0 aromatic carbocycles. The Hall–Kier alpha value is -0.990. The highest BCUT2D eigenvalue weighted by atomic mass is 16.7. The zero-order valence-corrected chi connectivity index (χ0v) is 23.9. The summed E-state index contributed by atoms with van der Waals surface area (Å²) in [6.45, 7) is 9.24. The molecule has 5 fully saturated rings. The average molecular weight is 533 g/mol. The Bertz CT molecular complexity index is 966. The van der Waals surface area contributed by atoms with Crippen LogP contribution in [0, 0.1) is 40.4 Å². The maximum absolute atomic E-state index is 12.4. The molecule has 2 heterocycles. The van der Waals surface area contributed by atoms with Crippen molar-refractivity contribution in [1.82, 2.24) is 0 Å². The van der Waals surface area contributed by atoms with Crippen molar-refractivity contribution in [2.45, 2.75) is 122 Å². The van der Waals surface area contributed by atoms with Gasteiger partial charge < -0.3 is 29.2 Å². The molecule has 2 unspecified atom stereocenters. The number of aliphatic hydroxyl groups is 2. The number of rotatable bonds is 4. The van der Waals surface area contributed by atoms with Crippen molar-refractivity contribution in [1.29, 1.82) is 0 Å². The minimum atomic E-state index is -0.786. The van der Waals surface area contributed by atoms with Gasteiger partial charge in [0, 0.05) is 24.5 Å². The van der Waals surface area contributed by atoms with Crippen molar-refractivity contribution in [3.05, 3.63) is 11.6 Å². The van der Waals surface area contributed by atoms with Gasteiger partial charge in [-0.2, -0.15) is 0 Å². The van der Waals surface area contributed by atoms with Gasteiger partial charge in [-0.1, -0.05) is 20.8 Å². The summed E-state index contributed by atoms with van der Waals surface area (Å²) < 4.78 is 23.4. The molecular weight excluding hydrogens is 484 g/mol. The molecule has 13 atom stereocenters. The lowest BCUT2D eigenvalue weighted by molar-refractivity contribution is -0.303. The van der Waals surface area contributed by atoms with E-state index in [0.717, 1.165) is 63.4 Å². The molecule has 2 N–H and O–H groups in total. The number of fused-ring (bicyclic) bond motifs is 5. The number of ether oxygens (including phenoxy) is 4. The Labute approximate surface area is 227 Å². The van der Waals surface area contributed by atoms with Crippen LogP contribution in [0.3, 0.4) is 0 Å². The first kappa shape index (κ1) is 27.2. The minimum absolute atomic E-state index is 0.0325. The highest BCUT2D eigenvalue weighted by molar-refractivity contribution is 5.85. The van der Waals surface area contributed by atoms with E-state index in [1.54, 1.807) is 13.2 Å². The molecule has 0 aromatic rings. The van der Waals surface area contributed by atoms with Crippen molar-refractivity contribution in [3.63, 3.8) is 0 Å². The summed E-state index contributed by atoms with van der Waals surface area (Å²) in [6, 6.07) is 0. The molecule has 0 aromatic heterocycles. The zero-order chi connectivity index (χ0) is 27.0. The normalized spacial score (nSPS) is 54.5. The first-order valence-electron chi connectivity index (χ1n) is 15.1. The quantitative estimate of drug-likeness (QED) is 0.410. The molecule has 2 aliphatic heterocycles. The van der Waals surface area contributed by atoms with E-state index in [1.165, 1.54) is 0 Å². The molecule has 1 saturated heterocycles. The molecule has 7 nitrogen and oxygen atoms in total. The van der Waals surface area contributed by atoms with Crippen LogP contribution in [0.1, 0.15) is 85.5 Å². The van der Waals surface area contributed by atoms with Gasteiger partial charge in [0.1, 0.15) is 12.7 Å². The van der Waals surface area contributed by atoms with Crippen molar-refractivity contribution >= 4 is 5.97 Å². The Balaban J connectivity index is 1.16. The molecule has 0 radical (unpaired) electrons. The minimum Gasteiger partial charge on any atom is -0.458 e. The van der Waals surface area contributed by atoms with Gasteiger partial charge >= 0.3 is 5.97 Å². The highest BCUT2D eigenvalue weighted by Gasteiger charge is 2.67. The highest BCUT2D eigenvalue weighted by Crippen LogP contribution is 2.70. The van der Waals surface area contributed by atoms with Crippen molar-refractivity contribution in [2.24, 2.45) is 40.4 Å². The van der Waals surface area contributed by atoms with Crippen LogP contribution in [0.4, 0.5) is 0 Å². The molecule has 4 aliphatic carbocycles. The van der Waals surface area contributed by atoms with Crippen LogP contribution < -0.4 is 0 Å². The number of hydrogen-bond donors (Lipinski definition) is 2. The summed E-state index contributed by atoms with van der Waals surface area (Å²) in [5.41, 5.74) is 0.400. The van der Waals surface area contributed by atoms with Crippen LogP contribution in [-0.2, 0) is 23.7 Å². The van der Waals surface area contributed by atoms with Gasteiger partial charge in [-0.15, -0.1) is 0 Å². The van der Waals surface area contributed by atoms with Crippen LogP contribution in [0.25, 0.3) is 0 Å². The molecular formula is C31H48O7. The summed E-state index contributed by atoms with van der Waals surface area (Å²) in [6.07, 6.45) is 9.08. The van der Waals surface area contributed by atoms with Crippen LogP contribution in [-0.4, -0.2) is 66.2 Å². The van der Waals surface area contributed by atoms with Crippen LogP contribution in [0.15, 0.2) is 11.6 Å². The lowest BCUT2D eigenvalue weighted by atomic mass is 9.43. The predicted octanol–water partition coefficient (Wildman–Crippen LogP) is 4.39. The Morgan fingerprint density at radius 2 is 1.82 bits per heavy atom. The molecule has 0 spiro atoms. The number of carbonyl (C=O) groups excluding carboxylic acids is 1. The molecule has 38 heavy (non-hydrogen) atoms. The van der Waals surface area contributed by atoms with Gasteiger partial charge in [0.05, 0.1) is 23.9 Å². The van der Waals surface area contributed by atoms with Crippen molar-refractivity contribution in [2.75, 3.05) is 13.7 Å². The van der Waals surface area contributed by atoms with E-state index in [9.17, 15) is 15.0 Å². The number of hydrogen-bond acceptors (Lipinski definition) is 7. The second-order valence-electron chi connectivity index (χ2n) is 14.1. The summed E-state index contributed by atoms with van der Waals surface area (Å²) in [5.74, 6) is 1.47. The third kappa shape index (κ3) is 3.89. The zero-order valence-electron chi connectivity index (χ0n) is 23.9. The van der Waals surface area contributed by atoms with E-state index >= 15 is 0 Å². The first-order chi connectivity index (χ1) is 18.0. The monoisotopic (exact) mass is 532 g/mol. The second-order valence-corrected chi connectivity index (χ2v) is 14.1. The largest absolute Gasteiger partial charge is 0.458 e. The van der Waals surface area contributed by atoms with Crippen molar-refractivity contribution < 1.29 is 34.0 Å². The van der Waals surface area contributed by atoms with E-state index in [1.807, 2.05) is 6.92 Å². The third-order valence-electron chi connectivity index (χ3n) is 12.8. The van der Waals surface area contributed by atoms with Gasteiger partial charge in [-0.05, 0) is 99.4 Å². The van der Waals surface area contributed by atoms with Crippen LogP contribution in [0.5, 0.6) is 0 Å². The van der Waals surface area contributed by atoms with Crippen LogP contribution >= 0.6 is 0 Å². The predicted molar refractivity (Wildman–Crippen MR) is 141 cm³/mol. The number of esters is 1. The lowest BCUT2D eigenvalue weighted by Gasteiger charge is -2.64. The average Bonchev–Trinajstić information content (AvgIpc) is 3.43. The topological polar surface area (TPSA) is 94.5 Å². The van der Waals surface area contributed by atoms with Gasteiger partial charge in [0.2, 0.25) is 0 Å². The standard InChI is InChI=1S/C31H48O7/c1-17-18(2)37-28(26(33)27(17)35-5)38-21-8-11-29(3)20(15-21)6-7-24-23(29)9-12-30(4)22(10-13-31(24,30)34)19-14-25(32)36-16-19/h14,17-18,20-24,26-28,33-34H,6-13,15-16H2,1-5H3/t17-,18-,20+,21-,22+,23?,24?,26-,27+,28-,29-,30+,31-/m0/s1. The smallest absolute Gasteiger partial charge is 0.331 e. The Morgan fingerprint density at radius 3 is 2.53 bits per heavy atom. The fraction of sp³-hybridized carbons (Fsp3) is 0.903.